The lowest BCUT2D eigenvalue weighted by molar-refractivity contribution is -0.113. The fourth-order valence-electron chi connectivity index (χ4n) is 2.74. The summed E-state index contributed by atoms with van der Waals surface area (Å²) in [5.41, 5.74) is 3.09. The van der Waals surface area contributed by atoms with E-state index in [1.807, 2.05) is 61.5 Å². The summed E-state index contributed by atoms with van der Waals surface area (Å²) >= 11 is 3.39. The number of amides is 2. The first-order valence-corrected chi connectivity index (χ1v) is 10.1. The highest BCUT2D eigenvalue weighted by molar-refractivity contribution is 9.10. The zero-order chi connectivity index (χ0) is 21.5. The van der Waals surface area contributed by atoms with Crippen LogP contribution in [0.1, 0.15) is 15.9 Å². The molecule has 2 amide bonds. The third-order valence-corrected chi connectivity index (χ3v) is 4.83. The average molecular weight is 464 g/mol. The van der Waals surface area contributed by atoms with Gasteiger partial charge in [-0.05, 0) is 54.1 Å². The van der Waals surface area contributed by atoms with Gasteiger partial charge in [0.25, 0.3) is 11.8 Å². The lowest BCUT2D eigenvalue weighted by Crippen LogP contribution is -2.30. The Balaban J connectivity index is 1.88. The van der Waals surface area contributed by atoms with Gasteiger partial charge in [0.1, 0.15) is 5.70 Å². The molecule has 0 aromatic heterocycles. The van der Waals surface area contributed by atoms with Crippen molar-refractivity contribution in [2.75, 3.05) is 24.3 Å². The number of hydrogen-bond acceptors (Lipinski definition) is 3. The number of carbonyl (C=O) groups excluding carboxylic acids is 2. The second-order valence-corrected chi connectivity index (χ2v) is 7.74. The lowest BCUT2D eigenvalue weighted by atomic mass is 10.1. The molecule has 6 heteroatoms. The molecule has 0 unspecified atom stereocenters. The minimum absolute atomic E-state index is 0.154. The van der Waals surface area contributed by atoms with E-state index in [9.17, 15) is 9.59 Å². The summed E-state index contributed by atoms with van der Waals surface area (Å²) in [6.45, 7) is 0. The molecular weight excluding hydrogens is 442 g/mol. The van der Waals surface area contributed by atoms with Gasteiger partial charge < -0.3 is 15.5 Å². The Morgan fingerprint density at radius 3 is 2.23 bits per heavy atom. The van der Waals surface area contributed by atoms with Gasteiger partial charge in [-0.2, -0.15) is 0 Å². The van der Waals surface area contributed by atoms with Gasteiger partial charge in [0.05, 0.1) is 0 Å². The van der Waals surface area contributed by atoms with E-state index in [1.165, 1.54) is 0 Å². The number of nitrogens with zero attached hydrogens (tertiary/aromatic N) is 1. The van der Waals surface area contributed by atoms with Crippen molar-refractivity contribution in [1.29, 1.82) is 0 Å². The molecule has 0 heterocycles. The van der Waals surface area contributed by atoms with Crippen molar-refractivity contribution in [2.45, 2.75) is 0 Å². The van der Waals surface area contributed by atoms with Crippen LogP contribution in [0, 0.1) is 0 Å². The summed E-state index contributed by atoms with van der Waals surface area (Å²) in [6.07, 6.45) is 1.66. The second kappa shape index (κ2) is 9.89. The van der Waals surface area contributed by atoms with Gasteiger partial charge >= 0.3 is 0 Å². The first kappa shape index (κ1) is 21.3. The fraction of sp³-hybridized carbons (Fsp3) is 0.0833. The van der Waals surface area contributed by atoms with Crippen LogP contribution in [0.4, 0.5) is 11.4 Å². The Hall–Kier alpha value is -3.38. The topological polar surface area (TPSA) is 61.4 Å². The molecule has 0 radical (unpaired) electrons. The van der Waals surface area contributed by atoms with E-state index in [-0.39, 0.29) is 11.6 Å². The van der Waals surface area contributed by atoms with Gasteiger partial charge in [-0.15, -0.1) is 0 Å². The largest absolute Gasteiger partial charge is 0.378 e. The first-order valence-electron chi connectivity index (χ1n) is 9.35. The molecule has 0 bridgehead atoms. The third kappa shape index (κ3) is 5.81. The van der Waals surface area contributed by atoms with Crippen molar-refractivity contribution in [3.8, 4) is 0 Å². The molecule has 5 nitrogen and oxygen atoms in total. The maximum atomic E-state index is 13.0. The van der Waals surface area contributed by atoms with Crippen LogP contribution in [0.3, 0.4) is 0 Å². The molecule has 0 aliphatic heterocycles. The van der Waals surface area contributed by atoms with E-state index in [4.69, 9.17) is 0 Å². The highest BCUT2D eigenvalue weighted by atomic mass is 79.9. The molecule has 3 rings (SSSR count). The van der Waals surface area contributed by atoms with Gasteiger partial charge in [0, 0.05) is 35.5 Å². The lowest BCUT2D eigenvalue weighted by Gasteiger charge is -2.13. The Bertz CT molecular complexity index is 1060. The second-order valence-electron chi connectivity index (χ2n) is 6.83. The van der Waals surface area contributed by atoms with Crippen LogP contribution in [0.5, 0.6) is 0 Å². The Labute approximate surface area is 184 Å². The maximum Gasteiger partial charge on any atom is 0.272 e. The molecule has 152 valence electrons. The Morgan fingerprint density at radius 2 is 1.60 bits per heavy atom. The number of benzene rings is 3. The number of rotatable bonds is 6. The third-order valence-electron chi connectivity index (χ3n) is 4.33. The van der Waals surface area contributed by atoms with Crippen molar-refractivity contribution in [1.82, 2.24) is 5.32 Å². The number of halogens is 1. The van der Waals surface area contributed by atoms with Crippen LogP contribution < -0.4 is 15.5 Å². The molecule has 0 atom stereocenters. The van der Waals surface area contributed by atoms with Gasteiger partial charge in [0.2, 0.25) is 0 Å². The maximum absolute atomic E-state index is 13.0. The van der Waals surface area contributed by atoms with Crippen LogP contribution in [-0.4, -0.2) is 25.9 Å². The number of hydrogen-bond donors (Lipinski definition) is 2. The summed E-state index contributed by atoms with van der Waals surface area (Å²) in [6, 6.07) is 23.8. The zero-order valence-electron chi connectivity index (χ0n) is 16.7. The van der Waals surface area contributed by atoms with Crippen molar-refractivity contribution in [3.05, 3.63) is 100 Å². The van der Waals surface area contributed by atoms with Gasteiger partial charge in [0.15, 0.2) is 0 Å². The summed E-state index contributed by atoms with van der Waals surface area (Å²) in [4.78, 5) is 27.6. The molecule has 2 N–H and O–H groups in total. The average Bonchev–Trinajstić information content (AvgIpc) is 2.74. The van der Waals surface area contributed by atoms with E-state index >= 15 is 0 Å². The molecule has 0 fully saturated rings. The fourth-order valence-corrected chi connectivity index (χ4v) is 3.14. The van der Waals surface area contributed by atoms with Crippen LogP contribution in [0.2, 0.25) is 0 Å². The zero-order valence-corrected chi connectivity index (χ0v) is 18.3. The Kier molecular flexibility index (Phi) is 7.03. The van der Waals surface area contributed by atoms with Crippen LogP contribution in [0.15, 0.2) is 89.0 Å². The predicted octanol–water partition coefficient (Wildman–Crippen LogP) is 4.92. The van der Waals surface area contributed by atoms with Crippen LogP contribution in [-0.2, 0) is 4.79 Å². The van der Waals surface area contributed by atoms with E-state index in [1.54, 1.807) is 42.5 Å². The van der Waals surface area contributed by atoms with Crippen LogP contribution in [0.25, 0.3) is 6.08 Å². The molecular formula is C24H22BrN3O2. The summed E-state index contributed by atoms with van der Waals surface area (Å²) in [5, 5.41) is 5.57. The summed E-state index contributed by atoms with van der Waals surface area (Å²) < 4.78 is 0.846. The number of carbonyl (C=O) groups is 2. The van der Waals surface area contributed by atoms with Crippen molar-refractivity contribution in [2.24, 2.45) is 0 Å². The Morgan fingerprint density at radius 1 is 0.900 bits per heavy atom. The quantitative estimate of drug-likeness (QED) is 0.509. The molecule has 3 aromatic rings. The van der Waals surface area contributed by atoms with Gasteiger partial charge in [-0.25, -0.2) is 0 Å². The minimum Gasteiger partial charge on any atom is -0.378 e. The van der Waals surface area contributed by atoms with Crippen molar-refractivity contribution in [3.63, 3.8) is 0 Å². The predicted molar refractivity (Wildman–Crippen MR) is 125 cm³/mol. The summed E-state index contributed by atoms with van der Waals surface area (Å²) in [5.74, 6) is -0.759. The minimum atomic E-state index is -0.408. The van der Waals surface area contributed by atoms with E-state index in [2.05, 4.69) is 26.6 Å². The first-order chi connectivity index (χ1) is 14.4. The van der Waals surface area contributed by atoms with Crippen molar-refractivity contribution >= 4 is 45.2 Å². The molecule has 0 spiro atoms. The normalized spacial score (nSPS) is 11.0. The van der Waals surface area contributed by atoms with Crippen LogP contribution >= 0.6 is 15.9 Å². The standard InChI is InChI=1S/C24H22BrN3O2/c1-28(2)21-13-11-17(12-14-21)15-22(27-23(29)18-7-4-3-5-8-18)24(30)26-20-10-6-9-19(25)16-20/h3-16H,1-2H3,(H,26,30)(H,27,29)/b22-15-. The monoisotopic (exact) mass is 463 g/mol. The highest BCUT2D eigenvalue weighted by Crippen LogP contribution is 2.18. The van der Waals surface area contributed by atoms with Gasteiger partial charge in [-0.1, -0.05) is 52.3 Å². The number of nitrogens with one attached hydrogen (secondary N) is 2. The number of anilines is 2. The molecule has 0 saturated carbocycles. The van der Waals surface area contributed by atoms with Crippen molar-refractivity contribution < 1.29 is 9.59 Å². The van der Waals surface area contributed by atoms with E-state index in [0.29, 0.717) is 11.3 Å². The SMILES string of the molecule is CN(C)c1ccc(/C=C(\NC(=O)c2ccccc2)C(=O)Nc2cccc(Br)c2)cc1. The van der Waals surface area contributed by atoms with Gasteiger partial charge in [-0.3, -0.25) is 9.59 Å². The molecule has 0 saturated heterocycles. The molecule has 0 aliphatic rings. The highest BCUT2D eigenvalue weighted by Gasteiger charge is 2.15. The van der Waals surface area contributed by atoms with E-state index < -0.39 is 5.91 Å². The molecule has 0 aliphatic carbocycles. The smallest absolute Gasteiger partial charge is 0.272 e. The molecule has 30 heavy (non-hydrogen) atoms. The summed E-state index contributed by atoms with van der Waals surface area (Å²) in [7, 11) is 3.92. The van der Waals surface area contributed by atoms with E-state index in [0.717, 1.165) is 15.7 Å². The molecule has 3 aromatic carbocycles.